The van der Waals surface area contributed by atoms with Gasteiger partial charge in [0.15, 0.2) is 0 Å². The third-order valence-electron chi connectivity index (χ3n) is 4.23. The Balaban J connectivity index is 1.82. The first-order valence-corrected chi connectivity index (χ1v) is 8.90. The fraction of sp³-hybridized carbons (Fsp3) is 0.765. The van der Waals surface area contributed by atoms with Crippen LogP contribution in [-0.4, -0.2) is 69.0 Å². The number of rotatable bonds is 7. The molecular weight excluding hydrogens is 306 g/mol. The molecular formula is C17H31N5O2. The first-order chi connectivity index (χ1) is 11.4. The van der Waals surface area contributed by atoms with Gasteiger partial charge in [-0.25, -0.2) is 4.79 Å². The van der Waals surface area contributed by atoms with Crippen LogP contribution >= 0.6 is 0 Å². The highest BCUT2D eigenvalue weighted by molar-refractivity contribution is 5.89. The SMILES string of the molecule is CCN(CC(C)(C)O)C(=O)Nc1cnn(CCN2CCCCC2)c1. The minimum Gasteiger partial charge on any atom is -0.389 e. The third-order valence-corrected chi connectivity index (χ3v) is 4.23. The molecule has 0 aromatic carbocycles. The lowest BCUT2D eigenvalue weighted by Crippen LogP contribution is -2.44. The molecule has 2 heterocycles. The van der Waals surface area contributed by atoms with Crippen molar-refractivity contribution in [2.45, 2.75) is 52.2 Å². The summed E-state index contributed by atoms with van der Waals surface area (Å²) < 4.78 is 1.87. The smallest absolute Gasteiger partial charge is 0.322 e. The molecule has 7 heteroatoms. The standard InChI is InChI=1S/C17H31N5O2/c1-4-21(14-17(2,3)24)16(23)19-15-12-18-22(13-15)11-10-20-8-6-5-7-9-20/h12-13,24H,4-11,14H2,1-3H3,(H,19,23). The van der Waals surface area contributed by atoms with E-state index in [1.54, 1.807) is 24.9 Å². The van der Waals surface area contributed by atoms with E-state index in [9.17, 15) is 9.90 Å². The second-order valence-corrected chi connectivity index (χ2v) is 7.15. The summed E-state index contributed by atoms with van der Waals surface area (Å²) in [7, 11) is 0. The molecule has 2 amide bonds. The van der Waals surface area contributed by atoms with E-state index >= 15 is 0 Å². The Labute approximate surface area is 144 Å². The van der Waals surface area contributed by atoms with Gasteiger partial charge in [0.05, 0.1) is 30.6 Å². The molecule has 1 aliphatic heterocycles. The number of nitrogens with one attached hydrogen (secondary N) is 1. The van der Waals surface area contributed by atoms with Crippen molar-refractivity contribution in [2.24, 2.45) is 0 Å². The number of carbonyl (C=O) groups excluding carboxylic acids is 1. The number of urea groups is 1. The number of aromatic nitrogens is 2. The molecule has 0 radical (unpaired) electrons. The van der Waals surface area contributed by atoms with E-state index in [4.69, 9.17) is 0 Å². The largest absolute Gasteiger partial charge is 0.389 e. The second kappa shape index (κ2) is 8.48. The second-order valence-electron chi connectivity index (χ2n) is 7.15. The molecule has 7 nitrogen and oxygen atoms in total. The first-order valence-electron chi connectivity index (χ1n) is 8.90. The lowest BCUT2D eigenvalue weighted by Gasteiger charge is -2.28. The Hall–Kier alpha value is -1.60. The molecule has 1 aromatic heterocycles. The molecule has 2 N–H and O–H groups in total. The van der Waals surface area contributed by atoms with Crippen molar-refractivity contribution in [3.8, 4) is 0 Å². The lowest BCUT2D eigenvalue weighted by atomic mass is 10.1. The molecule has 136 valence electrons. The molecule has 0 saturated carbocycles. The topological polar surface area (TPSA) is 73.6 Å². The van der Waals surface area contributed by atoms with Gasteiger partial charge in [-0.2, -0.15) is 5.10 Å². The van der Waals surface area contributed by atoms with Crippen LogP contribution in [0.1, 0.15) is 40.0 Å². The number of piperidine rings is 1. The zero-order valence-corrected chi connectivity index (χ0v) is 15.2. The highest BCUT2D eigenvalue weighted by Crippen LogP contribution is 2.11. The minimum absolute atomic E-state index is 0.213. The quantitative estimate of drug-likeness (QED) is 0.798. The van der Waals surface area contributed by atoms with E-state index < -0.39 is 5.60 Å². The van der Waals surface area contributed by atoms with Crippen LogP contribution in [-0.2, 0) is 6.54 Å². The predicted octanol–water partition coefficient (Wildman–Crippen LogP) is 1.99. The molecule has 2 rings (SSSR count). The number of nitrogens with zero attached hydrogens (tertiary/aromatic N) is 4. The summed E-state index contributed by atoms with van der Waals surface area (Å²) in [5.41, 5.74) is -0.223. The fourth-order valence-corrected chi connectivity index (χ4v) is 2.97. The molecule has 0 aliphatic carbocycles. The van der Waals surface area contributed by atoms with Gasteiger partial charge in [-0.3, -0.25) is 4.68 Å². The van der Waals surface area contributed by atoms with Crippen LogP contribution < -0.4 is 5.32 Å². The average molecular weight is 337 g/mol. The lowest BCUT2D eigenvalue weighted by molar-refractivity contribution is 0.0501. The molecule has 1 saturated heterocycles. The maximum absolute atomic E-state index is 12.3. The van der Waals surface area contributed by atoms with Crippen molar-refractivity contribution < 1.29 is 9.90 Å². The van der Waals surface area contributed by atoms with Gasteiger partial charge in [-0.15, -0.1) is 0 Å². The number of anilines is 1. The van der Waals surface area contributed by atoms with Crippen molar-refractivity contribution in [2.75, 3.05) is 38.0 Å². The Morgan fingerprint density at radius 3 is 2.67 bits per heavy atom. The highest BCUT2D eigenvalue weighted by Gasteiger charge is 2.21. The maximum atomic E-state index is 12.3. The fourth-order valence-electron chi connectivity index (χ4n) is 2.97. The molecule has 24 heavy (non-hydrogen) atoms. The molecule has 0 spiro atoms. The normalized spacial score (nSPS) is 16.2. The van der Waals surface area contributed by atoms with E-state index in [1.165, 1.54) is 32.4 Å². The van der Waals surface area contributed by atoms with Crippen molar-refractivity contribution >= 4 is 11.7 Å². The van der Waals surface area contributed by atoms with Gasteiger partial charge >= 0.3 is 6.03 Å². The molecule has 0 bridgehead atoms. The summed E-state index contributed by atoms with van der Waals surface area (Å²) in [6.45, 7) is 10.3. The van der Waals surface area contributed by atoms with Crippen molar-refractivity contribution in [1.82, 2.24) is 19.6 Å². The summed E-state index contributed by atoms with van der Waals surface area (Å²) in [6, 6.07) is -0.213. The van der Waals surface area contributed by atoms with Crippen LogP contribution in [0.25, 0.3) is 0 Å². The van der Waals surface area contributed by atoms with Crippen LogP contribution in [0.15, 0.2) is 12.4 Å². The van der Waals surface area contributed by atoms with Gasteiger partial charge in [0, 0.05) is 19.3 Å². The maximum Gasteiger partial charge on any atom is 0.322 e. The number of hydrogen-bond acceptors (Lipinski definition) is 4. The number of aliphatic hydroxyl groups is 1. The van der Waals surface area contributed by atoms with E-state index in [-0.39, 0.29) is 6.03 Å². The third kappa shape index (κ3) is 6.13. The number of hydrogen-bond donors (Lipinski definition) is 2. The van der Waals surface area contributed by atoms with Gasteiger partial charge in [-0.05, 0) is 46.7 Å². The number of likely N-dealkylation sites (tertiary alicyclic amines) is 1. The van der Waals surface area contributed by atoms with Gasteiger partial charge in [0.1, 0.15) is 0 Å². The Morgan fingerprint density at radius 2 is 2.04 bits per heavy atom. The molecule has 0 atom stereocenters. The van der Waals surface area contributed by atoms with Crippen molar-refractivity contribution in [3.05, 3.63) is 12.4 Å². The van der Waals surface area contributed by atoms with Gasteiger partial charge in [-0.1, -0.05) is 6.42 Å². The molecule has 1 aliphatic rings. The average Bonchev–Trinajstić information content (AvgIpc) is 2.98. The van der Waals surface area contributed by atoms with Crippen LogP contribution in [0.5, 0.6) is 0 Å². The molecule has 0 unspecified atom stereocenters. The van der Waals surface area contributed by atoms with Gasteiger partial charge < -0.3 is 20.2 Å². The minimum atomic E-state index is -0.911. The van der Waals surface area contributed by atoms with Crippen LogP contribution in [0.4, 0.5) is 10.5 Å². The zero-order chi connectivity index (χ0) is 17.6. The van der Waals surface area contributed by atoms with Crippen LogP contribution in [0.2, 0.25) is 0 Å². The van der Waals surface area contributed by atoms with E-state index in [0.717, 1.165) is 13.1 Å². The summed E-state index contributed by atoms with van der Waals surface area (Å²) in [5, 5.41) is 17.1. The van der Waals surface area contributed by atoms with E-state index in [1.807, 2.05) is 17.8 Å². The number of amides is 2. The van der Waals surface area contributed by atoms with Gasteiger partial charge in [0.25, 0.3) is 0 Å². The van der Waals surface area contributed by atoms with Gasteiger partial charge in [0.2, 0.25) is 0 Å². The number of carbonyl (C=O) groups is 1. The van der Waals surface area contributed by atoms with Crippen molar-refractivity contribution in [3.63, 3.8) is 0 Å². The van der Waals surface area contributed by atoms with Crippen LogP contribution in [0.3, 0.4) is 0 Å². The van der Waals surface area contributed by atoms with E-state index in [0.29, 0.717) is 18.8 Å². The van der Waals surface area contributed by atoms with E-state index in [2.05, 4.69) is 15.3 Å². The molecule has 1 fully saturated rings. The summed E-state index contributed by atoms with van der Waals surface area (Å²) in [6.07, 6.45) is 7.45. The summed E-state index contributed by atoms with van der Waals surface area (Å²) in [5.74, 6) is 0. The summed E-state index contributed by atoms with van der Waals surface area (Å²) in [4.78, 5) is 16.3. The Morgan fingerprint density at radius 1 is 1.33 bits per heavy atom. The Bertz CT molecular complexity index is 517. The van der Waals surface area contributed by atoms with Crippen molar-refractivity contribution in [1.29, 1.82) is 0 Å². The Kier molecular flexibility index (Phi) is 6.62. The number of likely N-dealkylation sites (N-methyl/N-ethyl adjacent to an activating group) is 1. The predicted molar refractivity (Wildman–Crippen MR) is 95.1 cm³/mol. The molecule has 1 aromatic rings. The first kappa shape index (κ1) is 18.7. The monoisotopic (exact) mass is 337 g/mol. The zero-order valence-electron chi connectivity index (χ0n) is 15.2. The van der Waals surface area contributed by atoms with Crippen LogP contribution in [0, 0.1) is 0 Å². The summed E-state index contributed by atoms with van der Waals surface area (Å²) >= 11 is 0. The highest BCUT2D eigenvalue weighted by atomic mass is 16.3.